The van der Waals surface area contributed by atoms with Crippen LogP contribution in [-0.2, 0) is 0 Å². The maximum absolute atomic E-state index is 14.4. The fourth-order valence-electron chi connectivity index (χ4n) is 3.39. The van der Waals surface area contributed by atoms with Crippen LogP contribution in [0.1, 0.15) is 27.7 Å². The average molecular weight is 634 g/mol. The third-order valence-corrected chi connectivity index (χ3v) is 9.46. The summed E-state index contributed by atoms with van der Waals surface area (Å²) < 4.78 is 282. The first-order chi connectivity index (χ1) is 16.0. The zero-order chi connectivity index (χ0) is 31.7. The third-order valence-electron chi connectivity index (χ3n) is 5.39. The van der Waals surface area contributed by atoms with Gasteiger partial charge in [-0.3, -0.25) is 0 Å². The van der Waals surface area contributed by atoms with Crippen molar-refractivity contribution in [2.24, 2.45) is 0 Å². The fraction of sp³-hybridized carbons (Fsp3) is 1.00. The predicted molar refractivity (Wildman–Crippen MR) is 87.9 cm³/mol. The molecule has 0 aromatic rings. The molecule has 0 aromatic carbocycles. The Morgan fingerprint density at radius 3 is 0.684 bits per heavy atom. The molecule has 0 aromatic heterocycles. The van der Waals surface area contributed by atoms with E-state index in [2.05, 4.69) is 0 Å². The normalized spacial score (nSPS) is 16.7. The van der Waals surface area contributed by atoms with Gasteiger partial charge in [-0.1, -0.05) is 27.7 Å². The smallest absolute Gasteiger partial charge is 0.205 e. The second kappa shape index (κ2) is 9.40. The van der Waals surface area contributed by atoms with Crippen molar-refractivity contribution < 1.29 is 92.2 Å². The second-order valence-electron chi connectivity index (χ2n) is 8.73. The van der Waals surface area contributed by atoms with Gasteiger partial charge in [0, 0.05) is 0 Å². The van der Waals surface area contributed by atoms with Gasteiger partial charge in [-0.05, 0) is 11.1 Å². The number of hydrogen-bond acceptors (Lipinski definition) is 0. The van der Waals surface area contributed by atoms with Crippen LogP contribution < -0.4 is 0 Å². The molecule has 0 saturated carbocycles. The highest BCUT2D eigenvalue weighted by Crippen LogP contribution is 2.66. The van der Waals surface area contributed by atoms with E-state index in [-0.39, 0.29) is 0 Å². The topological polar surface area (TPSA) is 0 Å². The molecule has 22 heteroatoms. The Balaban J connectivity index is 7.22. The van der Waals surface area contributed by atoms with E-state index in [1.54, 1.807) is 0 Å². The Bertz CT molecular complexity index is 829. The Kier molecular flexibility index (Phi) is 9.09. The lowest BCUT2D eigenvalue weighted by atomic mass is 9.87. The van der Waals surface area contributed by atoms with Crippen molar-refractivity contribution in [3.05, 3.63) is 0 Å². The summed E-state index contributed by atoms with van der Waals surface area (Å²) in [5.41, 5.74) is -9.94. The van der Waals surface area contributed by atoms with Gasteiger partial charge in [-0.15, -0.1) is 0 Å². The average Bonchev–Trinajstić information content (AvgIpc) is 2.64. The monoisotopic (exact) mass is 634 g/mol. The summed E-state index contributed by atoms with van der Waals surface area (Å²) in [5, 5.41) is 0. The Morgan fingerprint density at radius 1 is 0.316 bits per heavy atom. The van der Waals surface area contributed by atoms with E-state index in [9.17, 15) is 92.2 Å². The Hall–Kier alpha value is -1.25. The zero-order valence-corrected chi connectivity index (χ0v) is 19.8. The molecule has 0 radical (unpaired) electrons. The summed E-state index contributed by atoms with van der Waals surface area (Å²) in [6.45, 7) is 2.57. The molecule has 38 heavy (non-hydrogen) atoms. The van der Waals surface area contributed by atoms with Gasteiger partial charge in [-0.2, -0.15) is 83.4 Å². The molecule has 0 heterocycles. The van der Waals surface area contributed by atoms with Crippen molar-refractivity contribution in [2.75, 3.05) is 0 Å². The molecule has 0 N–H and O–H groups in total. The summed E-state index contributed by atoms with van der Waals surface area (Å²) >= 11 is 0. The third kappa shape index (κ3) is 4.50. The van der Waals surface area contributed by atoms with Crippen LogP contribution in [0.5, 0.6) is 0 Å². The molecule has 0 amide bonds. The van der Waals surface area contributed by atoms with Crippen molar-refractivity contribution in [1.82, 2.24) is 0 Å². The second-order valence-corrected chi connectivity index (χ2v) is 13.2. The highest BCUT2D eigenvalue weighted by Gasteiger charge is 2.98. The quantitative estimate of drug-likeness (QED) is 0.157. The van der Waals surface area contributed by atoms with Crippen molar-refractivity contribution in [2.45, 2.75) is 97.9 Å². The van der Waals surface area contributed by atoms with Crippen molar-refractivity contribution in [3.63, 3.8) is 0 Å². The Labute approximate surface area is 200 Å². The molecule has 0 atom stereocenters. The summed E-state index contributed by atoms with van der Waals surface area (Å²) in [6, 6.07) is 0. The molecule has 0 nitrogen and oxygen atoms in total. The minimum absolute atomic E-state index is 0.642. The van der Waals surface area contributed by atoms with Crippen LogP contribution in [0.4, 0.5) is 92.2 Å². The lowest BCUT2D eigenvalue weighted by Crippen LogP contribution is -2.77. The van der Waals surface area contributed by atoms with Gasteiger partial charge in [0.2, 0.25) is 0 Å². The van der Waals surface area contributed by atoms with E-state index < -0.39 is 79.0 Å². The molecule has 0 bridgehead atoms. The Morgan fingerprint density at radius 2 is 0.500 bits per heavy atom. The SMILES string of the molecule is CC(C)[SiH](C(C)C)C(F)(F)C(F)(F)C(F)(F)C(F)(F)C(F)(F)C(F)(F)C(F)(F)C(F)(F)C(F)(F)C(F)(F)F. The minimum Gasteiger partial charge on any atom is -0.205 e. The summed E-state index contributed by atoms with van der Waals surface area (Å²) in [5.74, 6) is -69.8. The summed E-state index contributed by atoms with van der Waals surface area (Å²) in [7, 11) is -4.91. The zero-order valence-electron chi connectivity index (χ0n) is 18.7. The molecule has 0 spiro atoms. The molecule has 0 aliphatic rings. The molecule has 0 saturated heterocycles. The standard InChI is InChI=1S/C16H15F21Si/c1-5(2)38(6(3)4)16(36,37)14(31,32)12(27,28)10(23,24)8(19,20)7(17,18)9(21,22)11(25,26)13(29,30)15(33,34)35/h5-6,38H,1-4H3. The molecular weight excluding hydrogens is 619 g/mol. The number of hydrogen-bond donors (Lipinski definition) is 0. The molecular formula is C16H15F21Si. The van der Waals surface area contributed by atoms with Crippen LogP contribution in [0.3, 0.4) is 0 Å². The van der Waals surface area contributed by atoms with Gasteiger partial charge in [0.1, 0.15) is 8.80 Å². The van der Waals surface area contributed by atoms with E-state index in [0.717, 1.165) is 0 Å². The predicted octanol–water partition coefficient (Wildman–Crippen LogP) is 8.85. The van der Waals surface area contributed by atoms with Crippen molar-refractivity contribution >= 4 is 8.80 Å². The van der Waals surface area contributed by atoms with Gasteiger partial charge in [0.25, 0.3) is 5.55 Å². The first-order valence-electron chi connectivity index (χ1n) is 9.48. The molecule has 0 unspecified atom stereocenters. The highest BCUT2D eigenvalue weighted by atomic mass is 28.3. The molecule has 0 aliphatic carbocycles. The van der Waals surface area contributed by atoms with Crippen LogP contribution in [0.2, 0.25) is 11.1 Å². The first kappa shape index (κ1) is 36.7. The van der Waals surface area contributed by atoms with Crippen LogP contribution in [0, 0.1) is 0 Å². The lowest BCUT2D eigenvalue weighted by Gasteiger charge is -2.46. The van der Waals surface area contributed by atoms with E-state index in [1.807, 2.05) is 0 Å². The van der Waals surface area contributed by atoms with Crippen LogP contribution >= 0.6 is 0 Å². The van der Waals surface area contributed by atoms with Crippen LogP contribution in [-0.4, -0.2) is 67.9 Å². The summed E-state index contributed by atoms with van der Waals surface area (Å²) in [4.78, 5) is 0. The largest absolute Gasteiger partial charge is 0.460 e. The first-order valence-corrected chi connectivity index (χ1v) is 11.4. The van der Waals surface area contributed by atoms with E-state index in [1.165, 1.54) is 0 Å². The van der Waals surface area contributed by atoms with Gasteiger partial charge in [-0.25, -0.2) is 8.78 Å². The maximum Gasteiger partial charge on any atom is 0.460 e. The minimum atomic E-state index is -9.14. The van der Waals surface area contributed by atoms with Gasteiger partial charge < -0.3 is 0 Å². The summed E-state index contributed by atoms with van der Waals surface area (Å²) in [6.07, 6.45) is -7.99. The number of alkyl halides is 21. The number of rotatable bonds is 11. The van der Waals surface area contributed by atoms with E-state index >= 15 is 0 Å². The van der Waals surface area contributed by atoms with Gasteiger partial charge >= 0.3 is 53.6 Å². The molecule has 0 fully saturated rings. The van der Waals surface area contributed by atoms with Crippen molar-refractivity contribution in [3.8, 4) is 0 Å². The van der Waals surface area contributed by atoms with Crippen LogP contribution in [0.25, 0.3) is 0 Å². The lowest BCUT2D eigenvalue weighted by molar-refractivity contribution is -0.472. The van der Waals surface area contributed by atoms with E-state index in [0.29, 0.717) is 27.7 Å². The molecule has 0 aliphatic heterocycles. The molecule has 230 valence electrons. The van der Waals surface area contributed by atoms with Gasteiger partial charge in [0.05, 0.1) is 0 Å². The van der Waals surface area contributed by atoms with Crippen molar-refractivity contribution in [1.29, 1.82) is 0 Å². The van der Waals surface area contributed by atoms with Gasteiger partial charge in [0.15, 0.2) is 0 Å². The maximum atomic E-state index is 14.4. The van der Waals surface area contributed by atoms with Crippen LogP contribution in [0.15, 0.2) is 0 Å². The number of halogens is 21. The fourth-order valence-corrected chi connectivity index (χ4v) is 7.20. The molecule has 0 rings (SSSR count). The van der Waals surface area contributed by atoms with E-state index in [4.69, 9.17) is 0 Å². The highest BCUT2D eigenvalue weighted by molar-refractivity contribution is 6.64.